The third kappa shape index (κ3) is 6.28. The first kappa shape index (κ1) is 22.3. The summed E-state index contributed by atoms with van der Waals surface area (Å²) < 4.78 is 0. The number of benzene rings is 2. The van der Waals surface area contributed by atoms with Crippen LogP contribution in [0.4, 0.5) is 0 Å². The smallest absolute Gasteiger partial charge is 0.242 e. The first-order valence-electron chi connectivity index (χ1n) is 9.34. The molecule has 2 aromatic carbocycles. The van der Waals surface area contributed by atoms with Gasteiger partial charge in [0, 0.05) is 24.4 Å². The van der Waals surface area contributed by atoms with E-state index in [1.165, 1.54) is 11.1 Å². The molecule has 2 rings (SSSR count). The first-order chi connectivity index (χ1) is 13.5. The molecule has 0 fully saturated rings. The molecule has 0 aliphatic heterocycles. The molecule has 0 aromatic heterocycles. The third-order valence-electron chi connectivity index (χ3n) is 4.55. The number of thioether (sulfide) groups is 1. The molecule has 1 N–H and O–H groups in total. The van der Waals surface area contributed by atoms with Gasteiger partial charge in [0.1, 0.15) is 6.04 Å². The van der Waals surface area contributed by atoms with Gasteiger partial charge in [0.25, 0.3) is 0 Å². The Hall–Kier alpha value is -1.98. The predicted octanol–water partition coefficient (Wildman–Crippen LogP) is 4.44. The summed E-state index contributed by atoms with van der Waals surface area (Å²) in [6.45, 7) is 4.28. The van der Waals surface area contributed by atoms with Crippen molar-refractivity contribution in [1.82, 2.24) is 10.2 Å². The summed E-state index contributed by atoms with van der Waals surface area (Å²) in [4.78, 5) is 27.0. The van der Waals surface area contributed by atoms with Crippen molar-refractivity contribution in [2.45, 2.75) is 38.6 Å². The molecule has 0 heterocycles. The van der Waals surface area contributed by atoms with E-state index < -0.39 is 6.04 Å². The van der Waals surface area contributed by atoms with Crippen molar-refractivity contribution in [2.75, 3.05) is 12.8 Å². The molecule has 4 nitrogen and oxygen atoms in total. The van der Waals surface area contributed by atoms with Gasteiger partial charge in [0.2, 0.25) is 11.8 Å². The van der Waals surface area contributed by atoms with Gasteiger partial charge >= 0.3 is 0 Å². The molecular weight excluding hydrogens is 392 g/mol. The van der Waals surface area contributed by atoms with Crippen LogP contribution in [0.3, 0.4) is 0 Å². The quantitative estimate of drug-likeness (QED) is 0.655. The average Bonchev–Trinajstić information content (AvgIpc) is 2.70. The second-order valence-electron chi connectivity index (χ2n) is 6.63. The lowest BCUT2D eigenvalue weighted by Crippen LogP contribution is -2.48. The van der Waals surface area contributed by atoms with E-state index >= 15 is 0 Å². The topological polar surface area (TPSA) is 49.4 Å². The highest BCUT2D eigenvalue weighted by Gasteiger charge is 2.28. The van der Waals surface area contributed by atoms with Crippen molar-refractivity contribution in [3.8, 4) is 0 Å². The van der Waals surface area contributed by atoms with Gasteiger partial charge < -0.3 is 10.2 Å². The summed E-state index contributed by atoms with van der Waals surface area (Å²) in [7, 11) is 1.59. The van der Waals surface area contributed by atoms with E-state index in [0.717, 1.165) is 11.3 Å². The molecule has 0 bridgehead atoms. The molecular formula is C22H27ClN2O2S. The highest BCUT2D eigenvalue weighted by atomic mass is 35.5. The van der Waals surface area contributed by atoms with Crippen LogP contribution in [0.2, 0.25) is 5.02 Å². The number of nitrogens with zero attached hydrogens (tertiary/aromatic N) is 1. The third-order valence-corrected chi connectivity index (χ3v) is 5.90. The maximum Gasteiger partial charge on any atom is 0.242 e. The fraction of sp³-hybridized carbons (Fsp3) is 0.364. The van der Waals surface area contributed by atoms with Crippen molar-refractivity contribution in [3.63, 3.8) is 0 Å². The predicted molar refractivity (Wildman–Crippen MR) is 117 cm³/mol. The maximum atomic E-state index is 13.0. The molecule has 0 saturated carbocycles. The van der Waals surface area contributed by atoms with Crippen LogP contribution < -0.4 is 5.32 Å². The molecule has 0 aliphatic rings. The van der Waals surface area contributed by atoms with Crippen LogP contribution in [0, 0.1) is 6.92 Å². The second kappa shape index (κ2) is 11.1. The molecule has 6 heteroatoms. The molecule has 2 aromatic rings. The van der Waals surface area contributed by atoms with E-state index in [0.29, 0.717) is 23.7 Å². The monoisotopic (exact) mass is 418 g/mol. The maximum absolute atomic E-state index is 13.0. The summed E-state index contributed by atoms with van der Waals surface area (Å²) in [6.07, 6.45) is 0.540. The van der Waals surface area contributed by atoms with Crippen molar-refractivity contribution >= 4 is 35.2 Å². The average molecular weight is 419 g/mol. The zero-order chi connectivity index (χ0) is 20.5. The number of halogens is 1. The minimum atomic E-state index is -0.520. The van der Waals surface area contributed by atoms with Gasteiger partial charge in [-0.15, -0.1) is 11.8 Å². The van der Waals surface area contributed by atoms with E-state index in [-0.39, 0.29) is 11.8 Å². The first-order valence-corrected chi connectivity index (χ1v) is 10.9. The van der Waals surface area contributed by atoms with Gasteiger partial charge in [-0.2, -0.15) is 0 Å². The van der Waals surface area contributed by atoms with E-state index in [1.807, 2.05) is 25.1 Å². The Kier molecular flexibility index (Phi) is 8.87. The van der Waals surface area contributed by atoms with Crippen molar-refractivity contribution in [2.24, 2.45) is 0 Å². The Morgan fingerprint density at radius 3 is 2.43 bits per heavy atom. The number of rotatable bonds is 9. The lowest BCUT2D eigenvalue weighted by atomic mass is 10.1. The Morgan fingerprint density at radius 2 is 1.82 bits per heavy atom. The van der Waals surface area contributed by atoms with Gasteiger partial charge in [-0.05, 0) is 30.5 Å². The Balaban J connectivity index is 2.10. The molecule has 0 unspecified atom stereocenters. The molecule has 0 aliphatic carbocycles. The number of carbonyl (C=O) groups excluding carboxylic acids is 2. The van der Waals surface area contributed by atoms with E-state index in [1.54, 1.807) is 29.8 Å². The van der Waals surface area contributed by atoms with Crippen LogP contribution in [-0.4, -0.2) is 35.6 Å². The molecule has 0 saturated heterocycles. The number of nitrogens with one attached hydrogen (secondary N) is 1. The normalized spacial score (nSPS) is 11.7. The lowest BCUT2D eigenvalue weighted by molar-refractivity contribution is -0.139. The Labute approximate surface area is 176 Å². The molecule has 150 valence electrons. The zero-order valence-electron chi connectivity index (χ0n) is 16.6. The number of hydrogen-bond donors (Lipinski definition) is 1. The molecule has 1 atom stereocenters. The summed E-state index contributed by atoms with van der Waals surface area (Å²) in [5.74, 6) is 0.841. The van der Waals surface area contributed by atoms with E-state index in [4.69, 9.17) is 11.6 Å². The number of amides is 2. The highest BCUT2D eigenvalue weighted by molar-refractivity contribution is 7.99. The number of aryl methyl sites for hydroxylation is 1. The molecule has 0 radical (unpaired) electrons. The largest absolute Gasteiger partial charge is 0.357 e. The molecule has 28 heavy (non-hydrogen) atoms. The van der Waals surface area contributed by atoms with E-state index in [9.17, 15) is 9.59 Å². The number of hydrogen-bond acceptors (Lipinski definition) is 3. The number of carbonyl (C=O) groups is 2. The standard InChI is InChI=1S/C22H27ClN2O2S/c1-4-20(22(27)24-3)25(13-18-7-5-6-8-19(18)23)21(26)15-28-14-17-11-9-16(2)10-12-17/h5-12,20H,4,13-15H2,1-3H3,(H,24,27)/t20-/m1/s1. The fourth-order valence-corrected chi connectivity index (χ4v) is 3.99. The summed E-state index contributed by atoms with van der Waals surface area (Å²) in [5.41, 5.74) is 3.23. The summed E-state index contributed by atoms with van der Waals surface area (Å²) in [6, 6.07) is 15.2. The van der Waals surface area contributed by atoms with Gasteiger partial charge in [0.05, 0.1) is 5.75 Å². The van der Waals surface area contributed by atoms with E-state index in [2.05, 4.69) is 36.5 Å². The highest BCUT2D eigenvalue weighted by Crippen LogP contribution is 2.21. The van der Waals surface area contributed by atoms with Gasteiger partial charge in [-0.3, -0.25) is 9.59 Å². The molecule has 0 spiro atoms. The SMILES string of the molecule is CC[C@H](C(=O)NC)N(Cc1ccccc1Cl)C(=O)CSCc1ccc(C)cc1. The second-order valence-corrected chi connectivity index (χ2v) is 8.02. The summed E-state index contributed by atoms with van der Waals surface area (Å²) in [5, 5.41) is 3.26. The van der Waals surface area contributed by atoms with Crippen molar-refractivity contribution in [1.29, 1.82) is 0 Å². The minimum Gasteiger partial charge on any atom is -0.357 e. The Bertz CT molecular complexity index is 795. The van der Waals surface area contributed by atoms with Gasteiger partial charge in [-0.25, -0.2) is 0 Å². The Morgan fingerprint density at radius 1 is 1.14 bits per heavy atom. The van der Waals surface area contributed by atoms with Gasteiger partial charge in [0.15, 0.2) is 0 Å². The van der Waals surface area contributed by atoms with Crippen LogP contribution in [0.1, 0.15) is 30.0 Å². The minimum absolute atomic E-state index is 0.0625. The van der Waals surface area contributed by atoms with Crippen LogP contribution in [0.5, 0.6) is 0 Å². The van der Waals surface area contributed by atoms with Crippen LogP contribution >= 0.6 is 23.4 Å². The lowest BCUT2D eigenvalue weighted by Gasteiger charge is -2.30. The summed E-state index contributed by atoms with van der Waals surface area (Å²) >= 11 is 7.84. The number of likely N-dealkylation sites (N-methyl/N-ethyl adjacent to an activating group) is 1. The fourth-order valence-electron chi connectivity index (χ4n) is 2.92. The van der Waals surface area contributed by atoms with Crippen LogP contribution in [-0.2, 0) is 21.9 Å². The van der Waals surface area contributed by atoms with Gasteiger partial charge in [-0.1, -0.05) is 66.6 Å². The van der Waals surface area contributed by atoms with Crippen molar-refractivity contribution in [3.05, 3.63) is 70.2 Å². The van der Waals surface area contributed by atoms with Crippen LogP contribution in [0.25, 0.3) is 0 Å². The van der Waals surface area contributed by atoms with Crippen molar-refractivity contribution < 1.29 is 9.59 Å². The molecule has 2 amide bonds. The zero-order valence-corrected chi connectivity index (χ0v) is 18.1. The van der Waals surface area contributed by atoms with Crippen LogP contribution in [0.15, 0.2) is 48.5 Å².